The molecule has 0 aliphatic carbocycles. The third-order valence-corrected chi connectivity index (χ3v) is 5.55. The summed E-state index contributed by atoms with van der Waals surface area (Å²) < 4.78 is 5.35. The van der Waals surface area contributed by atoms with Crippen molar-refractivity contribution in [1.82, 2.24) is 14.8 Å². The maximum absolute atomic E-state index is 5.35. The molecule has 1 aliphatic rings. The smallest absolute Gasteiger partial charge is 0.119 e. The van der Waals surface area contributed by atoms with E-state index in [4.69, 9.17) is 4.74 Å². The molecular weight excluding hydrogens is 334 g/mol. The highest BCUT2D eigenvalue weighted by Crippen LogP contribution is 2.20. The number of nitrogens with zero attached hydrogens (tertiary/aromatic N) is 3. The van der Waals surface area contributed by atoms with Crippen molar-refractivity contribution in [3.05, 3.63) is 59.9 Å². The van der Waals surface area contributed by atoms with E-state index in [-0.39, 0.29) is 0 Å². The number of rotatable bonds is 9. The Labute approximate surface area is 164 Å². The van der Waals surface area contributed by atoms with Crippen LogP contribution in [0.3, 0.4) is 0 Å². The molecule has 0 spiro atoms. The predicted molar refractivity (Wildman–Crippen MR) is 111 cm³/mol. The highest BCUT2D eigenvalue weighted by molar-refractivity contribution is 5.28. The quantitative estimate of drug-likeness (QED) is 0.673. The number of methoxy groups -OCH3 is 1. The number of likely N-dealkylation sites (tertiary alicyclic amines) is 1. The molecule has 3 rings (SSSR count). The first-order chi connectivity index (χ1) is 13.3. The lowest BCUT2D eigenvalue weighted by Gasteiger charge is -2.35. The predicted octanol–water partition coefficient (Wildman–Crippen LogP) is 3.87. The Bertz CT molecular complexity index is 676. The normalized spacial score (nSPS) is 18.0. The number of piperidine rings is 1. The van der Waals surface area contributed by atoms with E-state index in [9.17, 15) is 0 Å². The molecule has 1 unspecified atom stereocenters. The van der Waals surface area contributed by atoms with E-state index in [0.29, 0.717) is 0 Å². The highest BCUT2D eigenvalue weighted by Gasteiger charge is 2.21. The van der Waals surface area contributed by atoms with Crippen molar-refractivity contribution in [2.24, 2.45) is 5.92 Å². The molecule has 4 nitrogen and oxygen atoms in total. The minimum Gasteiger partial charge on any atom is -0.497 e. The van der Waals surface area contributed by atoms with Gasteiger partial charge in [-0.3, -0.25) is 9.88 Å². The third-order valence-electron chi connectivity index (χ3n) is 5.55. The fourth-order valence-corrected chi connectivity index (χ4v) is 4.04. The van der Waals surface area contributed by atoms with Crippen LogP contribution >= 0.6 is 0 Å². The van der Waals surface area contributed by atoms with Crippen molar-refractivity contribution in [3.8, 4) is 5.75 Å². The van der Waals surface area contributed by atoms with Crippen LogP contribution in [0.2, 0.25) is 0 Å². The van der Waals surface area contributed by atoms with E-state index in [1.54, 1.807) is 7.11 Å². The van der Waals surface area contributed by atoms with Gasteiger partial charge in [0.1, 0.15) is 5.75 Å². The van der Waals surface area contributed by atoms with Gasteiger partial charge in [0, 0.05) is 38.6 Å². The van der Waals surface area contributed by atoms with Gasteiger partial charge < -0.3 is 9.64 Å². The topological polar surface area (TPSA) is 28.6 Å². The van der Waals surface area contributed by atoms with E-state index in [2.05, 4.69) is 46.0 Å². The van der Waals surface area contributed by atoms with Gasteiger partial charge in [0.15, 0.2) is 0 Å². The molecule has 1 fully saturated rings. The minimum atomic E-state index is 0.765. The molecule has 4 heteroatoms. The Morgan fingerprint density at radius 1 is 1.22 bits per heavy atom. The zero-order valence-corrected chi connectivity index (χ0v) is 16.8. The average molecular weight is 368 g/mol. The van der Waals surface area contributed by atoms with E-state index < -0.39 is 0 Å². The van der Waals surface area contributed by atoms with Crippen LogP contribution in [0.5, 0.6) is 5.75 Å². The van der Waals surface area contributed by atoms with Crippen molar-refractivity contribution in [3.63, 3.8) is 0 Å². The van der Waals surface area contributed by atoms with Crippen LogP contribution < -0.4 is 4.74 Å². The van der Waals surface area contributed by atoms with Crippen LogP contribution in [0.25, 0.3) is 0 Å². The molecule has 0 saturated carbocycles. The molecule has 2 aromatic rings. The van der Waals surface area contributed by atoms with Gasteiger partial charge >= 0.3 is 0 Å². The van der Waals surface area contributed by atoms with E-state index >= 15 is 0 Å². The van der Waals surface area contributed by atoms with Gasteiger partial charge in [0.05, 0.1) is 7.11 Å². The van der Waals surface area contributed by atoms with Gasteiger partial charge in [0.2, 0.25) is 0 Å². The van der Waals surface area contributed by atoms with Crippen molar-refractivity contribution in [1.29, 1.82) is 0 Å². The number of ether oxygens (including phenoxy) is 1. The fraction of sp³-hybridized carbons (Fsp3) is 0.522. The molecule has 27 heavy (non-hydrogen) atoms. The van der Waals surface area contributed by atoms with E-state index in [1.165, 1.54) is 43.6 Å². The first-order valence-corrected chi connectivity index (χ1v) is 10.2. The first kappa shape index (κ1) is 19.8. The molecule has 1 aromatic carbocycles. The summed E-state index contributed by atoms with van der Waals surface area (Å²) in [5.41, 5.74) is 2.67. The Hall–Kier alpha value is -1.91. The summed E-state index contributed by atoms with van der Waals surface area (Å²) in [6.07, 6.45) is 7.59. The van der Waals surface area contributed by atoms with Crippen molar-refractivity contribution in [2.45, 2.75) is 32.7 Å². The molecular formula is C23H33N3O. The monoisotopic (exact) mass is 367 g/mol. The molecule has 0 bridgehead atoms. The van der Waals surface area contributed by atoms with Crippen LogP contribution in [0.4, 0.5) is 0 Å². The largest absolute Gasteiger partial charge is 0.497 e. The molecule has 2 heterocycles. The molecule has 0 amide bonds. The molecule has 146 valence electrons. The number of hydrogen-bond acceptors (Lipinski definition) is 4. The molecule has 0 radical (unpaired) electrons. The summed E-state index contributed by atoms with van der Waals surface area (Å²) in [4.78, 5) is 9.46. The Morgan fingerprint density at radius 3 is 2.89 bits per heavy atom. The van der Waals surface area contributed by atoms with Crippen molar-refractivity contribution >= 4 is 0 Å². The molecule has 1 aromatic heterocycles. The molecule has 0 N–H and O–H groups in total. The van der Waals surface area contributed by atoms with Gasteiger partial charge in [-0.15, -0.1) is 0 Å². The maximum Gasteiger partial charge on any atom is 0.119 e. The number of benzene rings is 1. The zero-order valence-electron chi connectivity index (χ0n) is 16.8. The summed E-state index contributed by atoms with van der Waals surface area (Å²) in [6.45, 7) is 9.13. The summed E-state index contributed by atoms with van der Waals surface area (Å²) in [5.74, 6) is 1.72. The second-order valence-electron chi connectivity index (χ2n) is 7.60. The molecule has 1 atom stereocenters. The fourth-order valence-electron chi connectivity index (χ4n) is 4.04. The van der Waals surface area contributed by atoms with E-state index in [1.807, 2.05) is 24.5 Å². The molecule has 1 saturated heterocycles. The first-order valence-electron chi connectivity index (χ1n) is 10.2. The number of aromatic nitrogens is 1. The standard InChI is InChI=1S/C23H33N3O/c1-3-25(17-21-8-5-12-24-16-21)18-22-9-6-13-26(19-22)14-11-20-7-4-10-23(15-20)27-2/h4-5,7-8,10,12,15-16,22H,3,6,9,11,13-14,17-19H2,1-2H3. The van der Waals surface area contributed by atoms with Gasteiger partial charge in [-0.2, -0.15) is 0 Å². The van der Waals surface area contributed by atoms with E-state index in [0.717, 1.165) is 37.7 Å². The maximum atomic E-state index is 5.35. The van der Waals surface area contributed by atoms with Crippen molar-refractivity contribution < 1.29 is 4.74 Å². The summed E-state index contributed by atoms with van der Waals surface area (Å²) in [7, 11) is 1.74. The summed E-state index contributed by atoms with van der Waals surface area (Å²) >= 11 is 0. The SMILES string of the molecule is CCN(Cc1cccnc1)CC1CCCN(CCc2cccc(OC)c2)C1. The lowest BCUT2D eigenvalue weighted by atomic mass is 9.96. The van der Waals surface area contributed by atoms with Gasteiger partial charge in [-0.05, 0) is 67.6 Å². The third kappa shape index (κ3) is 6.33. The van der Waals surface area contributed by atoms with Gasteiger partial charge in [-0.1, -0.05) is 25.1 Å². The van der Waals surface area contributed by atoms with Crippen LogP contribution in [0, 0.1) is 5.92 Å². The second kappa shape index (κ2) is 10.4. The minimum absolute atomic E-state index is 0.765. The zero-order chi connectivity index (χ0) is 18.9. The lowest BCUT2D eigenvalue weighted by molar-refractivity contribution is 0.133. The Kier molecular flexibility index (Phi) is 7.66. The van der Waals surface area contributed by atoms with Crippen LogP contribution in [0.15, 0.2) is 48.8 Å². The number of pyridine rings is 1. The summed E-state index contributed by atoms with van der Waals surface area (Å²) in [5, 5.41) is 0. The van der Waals surface area contributed by atoms with Crippen LogP contribution in [0.1, 0.15) is 30.9 Å². The average Bonchev–Trinajstić information content (AvgIpc) is 2.73. The van der Waals surface area contributed by atoms with Crippen LogP contribution in [-0.2, 0) is 13.0 Å². The van der Waals surface area contributed by atoms with Crippen molar-refractivity contribution in [2.75, 3.05) is 39.8 Å². The second-order valence-corrected chi connectivity index (χ2v) is 7.60. The van der Waals surface area contributed by atoms with Gasteiger partial charge in [0.25, 0.3) is 0 Å². The van der Waals surface area contributed by atoms with Gasteiger partial charge in [-0.25, -0.2) is 0 Å². The Morgan fingerprint density at radius 2 is 2.11 bits per heavy atom. The summed E-state index contributed by atoms with van der Waals surface area (Å²) in [6, 6.07) is 12.7. The Balaban J connectivity index is 1.48. The number of hydrogen-bond donors (Lipinski definition) is 0. The molecule has 1 aliphatic heterocycles. The van der Waals surface area contributed by atoms with Crippen LogP contribution in [-0.4, -0.2) is 54.6 Å². The highest BCUT2D eigenvalue weighted by atomic mass is 16.5. The lowest BCUT2D eigenvalue weighted by Crippen LogP contribution is -2.41.